The Morgan fingerprint density at radius 1 is 0.525 bits per heavy atom. The molecule has 0 fully saturated rings. The van der Waals surface area contributed by atoms with Crippen LogP contribution in [0.2, 0.25) is 0 Å². The maximum absolute atomic E-state index is 13.4. The largest absolute Gasteiger partial charge is 0.494 e. The maximum atomic E-state index is 13.4. The van der Waals surface area contributed by atoms with Gasteiger partial charge in [-0.15, -0.1) is 0 Å². The second-order valence-corrected chi connectivity index (χ2v) is 18.0. The third-order valence-corrected chi connectivity index (χ3v) is 12.4. The van der Waals surface area contributed by atoms with Crippen molar-refractivity contribution in [2.24, 2.45) is 10.2 Å². The molecule has 1 radical (unpaired) electrons. The zero-order valence-electron chi connectivity index (χ0n) is 31.3. The molecule has 0 saturated heterocycles. The van der Waals surface area contributed by atoms with E-state index in [4.69, 9.17) is 20.9 Å². The van der Waals surface area contributed by atoms with E-state index in [1.807, 2.05) is 0 Å². The average Bonchev–Trinajstić information content (AvgIpc) is 3.15. The molecule has 10 N–H and O–H groups in total. The van der Waals surface area contributed by atoms with E-state index < -0.39 is 105 Å². The van der Waals surface area contributed by atoms with E-state index in [0.717, 1.165) is 24.3 Å². The number of ether oxygens (including phenoxy) is 2. The number of nitrogens with two attached hydrogens (primary N) is 2. The van der Waals surface area contributed by atoms with Crippen molar-refractivity contribution in [3.05, 3.63) is 82.9 Å². The first kappa shape index (κ1) is 46.5. The Balaban J connectivity index is 0.00000704. The first-order valence-electron chi connectivity index (χ1n) is 16.2. The number of ketones is 2. The summed E-state index contributed by atoms with van der Waals surface area (Å²) in [5.41, 5.74) is 14.0. The van der Waals surface area contributed by atoms with Gasteiger partial charge in [0.2, 0.25) is 11.6 Å². The standard InChI is InChI=1S/C34H28N6O16S4.Na/c1-55-23-11-15(3-7-19(23)37-39-21-9-5-17-25(57(43,44)45)13-27(59(49,50)51)31(35)29(17)33(21)41)16-4-8-20(24(12-16)56-2)38-40-22-10-6-18-26(58(46,47)48)14-28(60(52,53)54)32(36)30(18)34(22)42;/h3-14,37-38H,35-36H2,1-2H3,(H,43,44,45)(H,46,47,48)(H,49,50,51)(H,52,53,54);/b39-21+,40-22+;. The number of allylic oxidation sites excluding steroid dienone is 2. The van der Waals surface area contributed by atoms with Gasteiger partial charge in [0.05, 0.1) is 48.1 Å². The molecular formula is C34H28N6NaO16S4. The normalized spacial score (nSPS) is 15.2. The van der Waals surface area contributed by atoms with Crippen molar-refractivity contribution in [2.45, 2.75) is 19.6 Å². The third kappa shape index (κ3) is 9.09. The molecule has 22 nitrogen and oxygen atoms in total. The van der Waals surface area contributed by atoms with Crippen LogP contribution in [0.3, 0.4) is 0 Å². The molecular weight excluding hydrogens is 900 g/mol. The van der Waals surface area contributed by atoms with Crippen LogP contribution in [0.15, 0.2) is 90.5 Å². The van der Waals surface area contributed by atoms with Gasteiger partial charge in [0, 0.05) is 40.7 Å². The number of hydrogen-bond donors (Lipinski definition) is 8. The number of methoxy groups -OCH3 is 2. The van der Waals surface area contributed by atoms with E-state index in [1.165, 1.54) is 26.4 Å². The van der Waals surface area contributed by atoms with E-state index in [1.54, 1.807) is 24.3 Å². The maximum Gasteiger partial charge on any atom is 0.296 e. The van der Waals surface area contributed by atoms with Gasteiger partial charge >= 0.3 is 0 Å². The Hall–Kier alpha value is -5.52. The molecule has 2 aliphatic rings. The van der Waals surface area contributed by atoms with Crippen molar-refractivity contribution >= 4 is 128 Å². The molecule has 2 aliphatic carbocycles. The number of nitrogens with zero attached hydrogens (tertiary/aromatic N) is 2. The van der Waals surface area contributed by atoms with Crippen molar-refractivity contribution in [1.29, 1.82) is 0 Å². The molecule has 0 heterocycles. The Kier molecular flexibility index (Phi) is 12.8. The van der Waals surface area contributed by atoms with Gasteiger partial charge in [-0.25, -0.2) is 0 Å². The number of benzene rings is 4. The van der Waals surface area contributed by atoms with Gasteiger partial charge in [0.1, 0.15) is 42.5 Å². The van der Waals surface area contributed by atoms with E-state index in [0.29, 0.717) is 23.3 Å². The molecule has 4 aromatic carbocycles. The molecule has 0 bridgehead atoms. The average molecular weight is 928 g/mol. The van der Waals surface area contributed by atoms with Gasteiger partial charge in [0.15, 0.2) is 0 Å². The molecule has 61 heavy (non-hydrogen) atoms. The van der Waals surface area contributed by atoms with Crippen LogP contribution in [0, 0.1) is 0 Å². The number of anilines is 4. The summed E-state index contributed by atoms with van der Waals surface area (Å²) in [6.07, 6.45) is 4.29. The molecule has 0 unspecified atom stereocenters. The van der Waals surface area contributed by atoms with Crippen molar-refractivity contribution < 1.29 is 70.9 Å². The zero-order valence-corrected chi connectivity index (χ0v) is 36.6. The van der Waals surface area contributed by atoms with Crippen LogP contribution < -0.4 is 31.8 Å². The molecule has 0 aromatic heterocycles. The minimum atomic E-state index is -5.15. The number of hydrazone groups is 2. The molecule has 0 atom stereocenters. The van der Waals surface area contributed by atoms with Crippen molar-refractivity contribution in [3.8, 4) is 22.6 Å². The second-order valence-electron chi connectivity index (χ2n) is 12.4. The molecule has 0 amide bonds. The molecule has 4 aromatic rings. The van der Waals surface area contributed by atoms with E-state index in [-0.39, 0.29) is 63.9 Å². The Morgan fingerprint density at radius 2 is 0.852 bits per heavy atom. The van der Waals surface area contributed by atoms with Gasteiger partial charge in [-0.3, -0.25) is 38.7 Å². The fourth-order valence-corrected chi connectivity index (χ4v) is 8.95. The monoisotopic (exact) mass is 927 g/mol. The van der Waals surface area contributed by atoms with E-state index in [9.17, 15) is 61.5 Å². The minimum absolute atomic E-state index is 0. The van der Waals surface area contributed by atoms with Crippen LogP contribution in [0.4, 0.5) is 22.7 Å². The predicted octanol–water partition coefficient (Wildman–Crippen LogP) is 2.50. The number of Topliss-reactive ketones (excluding diaryl/α,β-unsaturated/α-hetero) is 2. The summed E-state index contributed by atoms with van der Waals surface area (Å²) in [5.74, 6) is -1.72. The Bertz CT molecular complexity index is 2970. The quantitative estimate of drug-likeness (QED) is 0.0463. The van der Waals surface area contributed by atoms with Crippen LogP contribution in [0.5, 0.6) is 11.5 Å². The summed E-state index contributed by atoms with van der Waals surface area (Å²) < 4.78 is 145. The summed E-state index contributed by atoms with van der Waals surface area (Å²) in [7, 11) is -17.8. The van der Waals surface area contributed by atoms with Crippen molar-refractivity contribution in [2.75, 3.05) is 36.5 Å². The third-order valence-electron chi connectivity index (χ3n) is 8.84. The number of carbonyl (C=O) groups is 2. The molecule has 27 heteroatoms. The topological polar surface area (TPSA) is 371 Å². The SMILES string of the molecule is COc1cc(-c2ccc(N/N=C3\C=Cc4c(S(=O)(=O)O)cc(S(=O)(=O)O)c(N)c4C3=O)c(OC)c2)ccc1N/N=C1\C=Cc2c(S(=O)(=O)O)cc(S(=O)(=O)O)c(N)c2C1=O.[Na]. The molecule has 315 valence electrons. The first-order chi connectivity index (χ1) is 27.9. The molecule has 0 aliphatic heterocycles. The van der Waals surface area contributed by atoms with Gasteiger partial charge < -0.3 is 20.9 Å². The predicted molar refractivity (Wildman–Crippen MR) is 221 cm³/mol. The fourth-order valence-electron chi connectivity index (χ4n) is 6.08. The first-order valence-corrected chi connectivity index (χ1v) is 21.9. The summed E-state index contributed by atoms with van der Waals surface area (Å²) in [4.78, 5) is 22.6. The van der Waals surface area contributed by atoms with Gasteiger partial charge in [-0.2, -0.15) is 43.9 Å². The second kappa shape index (κ2) is 16.7. The smallest absolute Gasteiger partial charge is 0.296 e. The van der Waals surface area contributed by atoms with E-state index in [2.05, 4.69) is 21.1 Å². The number of hydrogen-bond acceptors (Lipinski definition) is 18. The zero-order chi connectivity index (χ0) is 44.3. The summed E-state index contributed by atoms with van der Waals surface area (Å²) >= 11 is 0. The molecule has 6 rings (SSSR count). The minimum Gasteiger partial charge on any atom is -0.494 e. The van der Waals surface area contributed by atoms with Crippen LogP contribution in [0.1, 0.15) is 31.8 Å². The number of fused-ring (bicyclic) bond motifs is 2. The van der Waals surface area contributed by atoms with Crippen molar-refractivity contribution in [3.63, 3.8) is 0 Å². The number of carbonyl (C=O) groups excluding carboxylic acids is 2. The molecule has 0 saturated carbocycles. The number of nitrogen functional groups attached to an aromatic ring is 2. The van der Waals surface area contributed by atoms with Crippen molar-refractivity contribution in [1.82, 2.24) is 0 Å². The van der Waals surface area contributed by atoms with Gasteiger partial charge in [-0.05, 0) is 59.7 Å². The summed E-state index contributed by atoms with van der Waals surface area (Å²) in [6, 6.07) is 10.3. The van der Waals surface area contributed by atoms with Crippen LogP contribution in [0.25, 0.3) is 23.3 Å². The Labute approximate surface area is 368 Å². The van der Waals surface area contributed by atoms with Crippen LogP contribution >= 0.6 is 0 Å². The fraction of sp³-hybridized carbons (Fsp3) is 0.0588. The number of nitrogens with one attached hydrogen (secondary N) is 2. The molecule has 0 spiro atoms. The number of rotatable bonds is 11. The van der Waals surface area contributed by atoms with Crippen LogP contribution in [-0.2, 0) is 40.5 Å². The Morgan fingerprint density at radius 3 is 1.15 bits per heavy atom. The van der Waals surface area contributed by atoms with Crippen LogP contribution in [-0.4, -0.2) is 119 Å². The summed E-state index contributed by atoms with van der Waals surface area (Å²) in [5, 5.41) is 8.08. The summed E-state index contributed by atoms with van der Waals surface area (Å²) in [6.45, 7) is 0. The van der Waals surface area contributed by atoms with Gasteiger partial charge in [-0.1, -0.05) is 24.3 Å². The van der Waals surface area contributed by atoms with E-state index >= 15 is 0 Å². The van der Waals surface area contributed by atoms with Gasteiger partial charge in [0.25, 0.3) is 40.5 Å².